The van der Waals surface area contributed by atoms with Gasteiger partial charge in [-0.3, -0.25) is 0 Å². The summed E-state index contributed by atoms with van der Waals surface area (Å²) in [6.45, 7) is 0. The van der Waals surface area contributed by atoms with Crippen LogP contribution in [-0.4, -0.2) is 16.1 Å². The third-order valence-corrected chi connectivity index (χ3v) is 2.01. The van der Waals surface area contributed by atoms with E-state index in [4.69, 9.17) is 5.11 Å². The van der Waals surface area contributed by atoms with E-state index in [1.54, 1.807) is 0 Å². The number of carboxylic acid groups (broad SMARTS) is 1. The molecule has 1 aromatic heterocycles. The van der Waals surface area contributed by atoms with Gasteiger partial charge in [0.25, 0.3) is 6.43 Å². The van der Waals surface area contributed by atoms with Crippen LogP contribution in [0.3, 0.4) is 0 Å². The molecule has 1 rings (SSSR count). The van der Waals surface area contributed by atoms with E-state index in [0.29, 0.717) is 0 Å². The minimum atomic E-state index is -2.94. The summed E-state index contributed by atoms with van der Waals surface area (Å²) in [5.41, 5.74) is -1.56. The van der Waals surface area contributed by atoms with E-state index < -0.39 is 29.6 Å². The van der Waals surface area contributed by atoms with Gasteiger partial charge in [0.2, 0.25) is 5.95 Å². The fourth-order valence-electron chi connectivity index (χ4n) is 0.804. The first kappa shape index (κ1) is 11.0. The number of aromatic carboxylic acids is 1. The number of carbonyl (C=O) groups is 1. The lowest BCUT2D eigenvalue weighted by Gasteiger charge is -2.03. The van der Waals surface area contributed by atoms with Gasteiger partial charge in [0, 0.05) is 4.47 Å². The largest absolute Gasteiger partial charge is 0.477 e. The summed E-state index contributed by atoms with van der Waals surface area (Å²) in [5.74, 6) is -3.00. The van der Waals surface area contributed by atoms with Crippen molar-refractivity contribution in [1.29, 1.82) is 0 Å². The topological polar surface area (TPSA) is 50.2 Å². The smallest absolute Gasteiger partial charge is 0.341 e. The number of alkyl halides is 2. The van der Waals surface area contributed by atoms with Crippen molar-refractivity contribution >= 4 is 21.9 Å². The number of halogens is 4. The molecule has 0 spiro atoms. The number of aromatic nitrogens is 1. The van der Waals surface area contributed by atoms with Gasteiger partial charge in [-0.05, 0) is 22.0 Å². The van der Waals surface area contributed by atoms with Crippen LogP contribution >= 0.6 is 15.9 Å². The molecule has 0 saturated carbocycles. The Balaban J connectivity index is 3.32. The first-order valence-corrected chi connectivity index (χ1v) is 4.10. The molecular formula is C7H3BrF3NO2. The zero-order valence-electron chi connectivity index (χ0n) is 6.47. The minimum Gasteiger partial charge on any atom is -0.477 e. The second-order valence-corrected chi connectivity index (χ2v) is 3.15. The van der Waals surface area contributed by atoms with E-state index in [1.165, 1.54) is 0 Å². The predicted molar refractivity (Wildman–Crippen MR) is 43.8 cm³/mol. The van der Waals surface area contributed by atoms with Gasteiger partial charge in [0.1, 0.15) is 11.3 Å². The molecule has 0 aliphatic rings. The number of rotatable bonds is 2. The fourth-order valence-corrected chi connectivity index (χ4v) is 1.37. The molecule has 1 heterocycles. The Kier molecular flexibility index (Phi) is 3.10. The van der Waals surface area contributed by atoms with Crippen LogP contribution in [-0.2, 0) is 0 Å². The van der Waals surface area contributed by atoms with Crippen LogP contribution in [0.2, 0.25) is 0 Å². The number of hydrogen-bond acceptors (Lipinski definition) is 2. The van der Waals surface area contributed by atoms with Crippen LogP contribution in [0.25, 0.3) is 0 Å². The van der Waals surface area contributed by atoms with Crippen LogP contribution in [0.4, 0.5) is 13.2 Å². The molecule has 0 amide bonds. The molecule has 3 nitrogen and oxygen atoms in total. The summed E-state index contributed by atoms with van der Waals surface area (Å²) in [6, 6.07) is 0.775. The Morgan fingerprint density at radius 1 is 1.57 bits per heavy atom. The number of pyridine rings is 1. The minimum absolute atomic E-state index is 0.257. The van der Waals surface area contributed by atoms with Gasteiger partial charge in [-0.1, -0.05) is 0 Å². The summed E-state index contributed by atoms with van der Waals surface area (Å²) >= 11 is 2.67. The second kappa shape index (κ2) is 3.95. The third-order valence-electron chi connectivity index (χ3n) is 1.38. The van der Waals surface area contributed by atoms with Crippen LogP contribution in [0.1, 0.15) is 22.5 Å². The maximum Gasteiger partial charge on any atom is 0.341 e. The van der Waals surface area contributed by atoms with E-state index in [1.807, 2.05) is 0 Å². The Bertz CT molecular complexity index is 360. The van der Waals surface area contributed by atoms with E-state index >= 15 is 0 Å². The van der Waals surface area contributed by atoms with Crippen LogP contribution < -0.4 is 0 Å². The van der Waals surface area contributed by atoms with Gasteiger partial charge in [-0.15, -0.1) is 0 Å². The highest BCUT2D eigenvalue weighted by Gasteiger charge is 2.20. The lowest BCUT2D eigenvalue weighted by atomic mass is 10.2. The van der Waals surface area contributed by atoms with E-state index in [-0.39, 0.29) is 4.47 Å². The molecule has 7 heteroatoms. The van der Waals surface area contributed by atoms with Crippen LogP contribution in [0.5, 0.6) is 0 Å². The standard InChI is InChI=1S/C7H3BrF3NO2/c8-2-1-3(5(9)10)12-6(11)4(2)7(13)14/h1,5H,(H,13,14). The third kappa shape index (κ3) is 2.03. The van der Waals surface area contributed by atoms with E-state index in [0.717, 1.165) is 6.07 Å². The van der Waals surface area contributed by atoms with Crippen molar-refractivity contribution in [2.24, 2.45) is 0 Å². The average molecular weight is 270 g/mol. The van der Waals surface area contributed by atoms with Crippen molar-refractivity contribution in [3.8, 4) is 0 Å². The molecular weight excluding hydrogens is 267 g/mol. The number of nitrogens with zero attached hydrogens (tertiary/aromatic N) is 1. The molecule has 14 heavy (non-hydrogen) atoms. The van der Waals surface area contributed by atoms with Crippen LogP contribution in [0, 0.1) is 5.95 Å². The Labute approximate surface area is 84.7 Å². The predicted octanol–water partition coefficient (Wildman–Crippen LogP) is 2.62. The number of hydrogen-bond donors (Lipinski definition) is 1. The first-order chi connectivity index (χ1) is 6.43. The average Bonchev–Trinajstić information content (AvgIpc) is 2.01. The molecule has 0 aliphatic carbocycles. The lowest BCUT2D eigenvalue weighted by molar-refractivity contribution is 0.0688. The Morgan fingerprint density at radius 2 is 2.14 bits per heavy atom. The summed E-state index contributed by atoms with van der Waals surface area (Å²) in [4.78, 5) is 13.3. The van der Waals surface area contributed by atoms with Crippen molar-refractivity contribution < 1.29 is 23.1 Å². The Hall–Kier alpha value is -1.11. The van der Waals surface area contributed by atoms with Crippen molar-refractivity contribution in [2.45, 2.75) is 6.43 Å². The molecule has 0 radical (unpaired) electrons. The van der Waals surface area contributed by atoms with Gasteiger partial charge < -0.3 is 5.11 Å². The highest BCUT2D eigenvalue weighted by molar-refractivity contribution is 9.10. The molecule has 0 fully saturated rings. The van der Waals surface area contributed by atoms with Gasteiger partial charge in [-0.25, -0.2) is 18.6 Å². The molecule has 1 aromatic rings. The second-order valence-electron chi connectivity index (χ2n) is 2.30. The molecule has 0 bridgehead atoms. The fraction of sp³-hybridized carbons (Fsp3) is 0.143. The van der Waals surface area contributed by atoms with Crippen LogP contribution in [0.15, 0.2) is 10.5 Å². The monoisotopic (exact) mass is 269 g/mol. The van der Waals surface area contributed by atoms with E-state index in [9.17, 15) is 18.0 Å². The van der Waals surface area contributed by atoms with Gasteiger partial charge >= 0.3 is 5.97 Å². The van der Waals surface area contributed by atoms with E-state index in [2.05, 4.69) is 20.9 Å². The van der Waals surface area contributed by atoms with Crippen molar-refractivity contribution in [2.75, 3.05) is 0 Å². The molecule has 0 saturated heterocycles. The molecule has 0 unspecified atom stereocenters. The summed E-state index contributed by atoms with van der Waals surface area (Å²) in [6.07, 6.45) is -2.94. The zero-order chi connectivity index (χ0) is 10.9. The normalized spacial score (nSPS) is 10.6. The first-order valence-electron chi connectivity index (χ1n) is 3.31. The molecule has 76 valence electrons. The summed E-state index contributed by atoms with van der Waals surface area (Å²) in [7, 11) is 0. The SMILES string of the molecule is O=C(O)c1c(Br)cc(C(F)F)nc1F. The van der Waals surface area contributed by atoms with Crippen molar-refractivity contribution in [3.63, 3.8) is 0 Å². The quantitative estimate of drug-likeness (QED) is 0.840. The molecule has 1 N–H and O–H groups in total. The summed E-state index contributed by atoms with van der Waals surface area (Å²) < 4.78 is 36.7. The molecule has 0 atom stereocenters. The maximum absolute atomic E-state index is 12.9. The summed E-state index contributed by atoms with van der Waals surface area (Å²) in [5, 5.41) is 8.48. The maximum atomic E-state index is 12.9. The molecule has 0 aliphatic heterocycles. The van der Waals surface area contributed by atoms with Gasteiger partial charge in [0.05, 0.1) is 0 Å². The highest BCUT2D eigenvalue weighted by atomic mass is 79.9. The van der Waals surface area contributed by atoms with Gasteiger partial charge in [-0.2, -0.15) is 4.39 Å². The Morgan fingerprint density at radius 3 is 2.50 bits per heavy atom. The molecule has 0 aromatic carbocycles. The number of carboxylic acids is 1. The zero-order valence-corrected chi connectivity index (χ0v) is 8.06. The lowest BCUT2D eigenvalue weighted by Crippen LogP contribution is -2.06. The van der Waals surface area contributed by atoms with Crippen molar-refractivity contribution in [1.82, 2.24) is 4.98 Å². The van der Waals surface area contributed by atoms with Gasteiger partial charge in [0.15, 0.2) is 0 Å². The highest BCUT2D eigenvalue weighted by Crippen LogP contribution is 2.25. The van der Waals surface area contributed by atoms with Crippen molar-refractivity contribution in [3.05, 3.63) is 27.7 Å².